The van der Waals surface area contributed by atoms with Crippen LogP contribution in [0, 0.1) is 0 Å². The molecular formula is C26H38O2Si. The molecule has 29 heavy (non-hydrogen) atoms. The molecule has 158 valence electrons. The highest BCUT2D eigenvalue weighted by Crippen LogP contribution is 2.16. The SMILES string of the molecule is C=CCC(C)O[Si](OCCCCCCCCC)(c1ccccc1)c1ccccc1. The molecule has 1 atom stereocenters. The molecule has 0 aliphatic carbocycles. The van der Waals surface area contributed by atoms with Crippen LogP contribution in [-0.4, -0.2) is 21.3 Å². The van der Waals surface area contributed by atoms with Gasteiger partial charge in [-0.3, -0.25) is 0 Å². The molecule has 0 amide bonds. The predicted molar refractivity (Wildman–Crippen MR) is 127 cm³/mol. The molecule has 2 aromatic carbocycles. The largest absolute Gasteiger partial charge is 0.407 e. The average molecular weight is 411 g/mol. The smallest absolute Gasteiger partial charge is 0.388 e. The highest BCUT2D eigenvalue weighted by molar-refractivity contribution is 6.92. The lowest BCUT2D eigenvalue weighted by atomic mass is 10.1. The maximum absolute atomic E-state index is 6.76. The van der Waals surface area contributed by atoms with Gasteiger partial charge in [0.15, 0.2) is 0 Å². The molecule has 0 aromatic heterocycles. The van der Waals surface area contributed by atoms with E-state index in [-0.39, 0.29) is 6.10 Å². The minimum absolute atomic E-state index is 0.0635. The van der Waals surface area contributed by atoms with Crippen LogP contribution in [-0.2, 0) is 8.85 Å². The molecule has 2 aromatic rings. The lowest BCUT2D eigenvalue weighted by Gasteiger charge is -2.34. The van der Waals surface area contributed by atoms with Crippen LogP contribution >= 0.6 is 0 Å². The number of unbranched alkanes of at least 4 members (excludes halogenated alkanes) is 6. The Labute approximate surface area is 179 Å². The van der Waals surface area contributed by atoms with Crippen LogP contribution in [0.5, 0.6) is 0 Å². The zero-order valence-electron chi connectivity index (χ0n) is 18.3. The Kier molecular flexibility index (Phi) is 11.0. The van der Waals surface area contributed by atoms with Crippen LogP contribution in [0.1, 0.15) is 65.2 Å². The van der Waals surface area contributed by atoms with Crippen molar-refractivity contribution in [3.05, 3.63) is 73.3 Å². The summed E-state index contributed by atoms with van der Waals surface area (Å²) in [6, 6.07) is 21.1. The average Bonchev–Trinajstić information content (AvgIpc) is 2.76. The van der Waals surface area contributed by atoms with Crippen molar-refractivity contribution in [3.63, 3.8) is 0 Å². The van der Waals surface area contributed by atoms with Gasteiger partial charge in [0.1, 0.15) is 0 Å². The van der Waals surface area contributed by atoms with E-state index in [1.807, 2.05) is 6.08 Å². The van der Waals surface area contributed by atoms with Gasteiger partial charge >= 0.3 is 8.56 Å². The molecule has 0 aliphatic rings. The minimum Gasteiger partial charge on any atom is -0.388 e. The van der Waals surface area contributed by atoms with E-state index in [2.05, 4.69) is 81.1 Å². The topological polar surface area (TPSA) is 18.5 Å². The van der Waals surface area contributed by atoms with Crippen molar-refractivity contribution < 1.29 is 8.85 Å². The van der Waals surface area contributed by atoms with E-state index < -0.39 is 8.56 Å². The summed E-state index contributed by atoms with van der Waals surface area (Å²) in [6.07, 6.45) is 11.7. The van der Waals surface area contributed by atoms with E-state index >= 15 is 0 Å². The maximum atomic E-state index is 6.76. The third-order valence-corrected chi connectivity index (χ3v) is 8.76. The van der Waals surface area contributed by atoms with Crippen molar-refractivity contribution in [1.29, 1.82) is 0 Å². The first-order valence-corrected chi connectivity index (χ1v) is 13.1. The molecule has 0 bridgehead atoms. The van der Waals surface area contributed by atoms with E-state index in [9.17, 15) is 0 Å². The van der Waals surface area contributed by atoms with Crippen LogP contribution in [0.2, 0.25) is 0 Å². The summed E-state index contributed by atoms with van der Waals surface area (Å²) < 4.78 is 13.5. The van der Waals surface area contributed by atoms with Gasteiger partial charge in [-0.2, -0.15) is 0 Å². The summed E-state index contributed by atoms with van der Waals surface area (Å²) in [4.78, 5) is 0. The van der Waals surface area contributed by atoms with Crippen molar-refractivity contribution in [1.82, 2.24) is 0 Å². The van der Waals surface area contributed by atoms with Crippen LogP contribution in [0.25, 0.3) is 0 Å². The summed E-state index contributed by atoms with van der Waals surface area (Å²) in [5.74, 6) is 0. The van der Waals surface area contributed by atoms with E-state index in [1.54, 1.807) is 0 Å². The molecule has 2 rings (SSSR count). The van der Waals surface area contributed by atoms with Gasteiger partial charge < -0.3 is 8.85 Å². The fourth-order valence-corrected chi connectivity index (χ4v) is 7.02. The highest BCUT2D eigenvalue weighted by atomic mass is 28.4. The standard InChI is InChI=1S/C26H38O2Si/c1-4-6-7-8-9-10-17-23-27-29(28-24(3)18-5-2,25-19-13-11-14-20-25)26-21-15-12-16-22-26/h5,11-16,19-22,24H,2,4,6-10,17-18,23H2,1,3H3. The van der Waals surface area contributed by atoms with Gasteiger partial charge in [-0.05, 0) is 30.1 Å². The van der Waals surface area contributed by atoms with Gasteiger partial charge in [0, 0.05) is 12.7 Å². The normalized spacial score (nSPS) is 12.6. The zero-order valence-corrected chi connectivity index (χ0v) is 19.3. The van der Waals surface area contributed by atoms with Crippen LogP contribution < -0.4 is 10.4 Å². The van der Waals surface area contributed by atoms with Gasteiger partial charge in [-0.1, -0.05) is 112 Å². The van der Waals surface area contributed by atoms with Crippen molar-refractivity contribution >= 4 is 18.9 Å². The van der Waals surface area contributed by atoms with E-state index in [1.165, 1.54) is 48.9 Å². The Morgan fingerprint density at radius 1 is 0.828 bits per heavy atom. The quantitative estimate of drug-likeness (QED) is 0.204. The molecule has 3 heteroatoms. The Morgan fingerprint density at radius 2 is 1.34 bits per heavy atom. The lowest BCUT2D eigenvalue weighted by molar-refractivity contribution is 0.141. The fourth-order valence-electron chi connectivity index (χ4n) is 3.66. The Morgan fingerprint density at radius 3 is 1.86 bits per heavy atom. The van der Waals surface area contributed by atoms with Crippen molar-refractivity contribution in [2.45, 2.75) is 71.3 Å². The maximum Gasteiger partial charge on any atom is 0.407 e. The Balaban J connectivity index is 2.16. The molecule has 0 N–H and O–H groups in total. The first kappa shape index (κ1) is 23.6. The molecule has 0 aliphatic heterocycles. The van der Waals surface area contributed by atoms with Crippen LogP contribution in [0.4, 0.5) is 0 Å². The van der Waals surface area contributed by atoms with Crippen molar-refractivity contribution in [2.75, 3.05) is 6.61 Å². The number of benzene rings is 2. The third-order valence-electron chi connectivity index (χ3n) is 5.23. The van der Waals surface area contributed by atoms with Gasteiger partial charge in [-0.25, -0.2) is 0 Å². The summed E-state index contributed by atoms with van der Waals surface area (Å²) in [7, 11) is -2.78. The first-order valence-electron chi connectivity index (χ1n) is 11.3. The second-order valence-electron chi connectivity index (χ2n) is 7.77. The third kappa shape index (κ3) is 7.58. The van der Waals surface area contributed by atoms with Gasteiger partial charge in [-0.15, -0.1) is 6.58 Å². The Hall–Kier alpha value is -1.68. The number of hydrogen-bond donors (Lipinski definition) is 0. The minimum atomic E-state index is -2.78. The molecule has 0 spiro atoms. The van der Waals surface area contributed by atoms with Crippen LogP contribution in [0.15, 0.2) is 73.3 Å². The van der Waals surface area contributed by atoms with E-state index in [4.69, 9.17) is 8.85 Å². The summed E-state index contributed by atoms with van der Waals surface area (Å²) in [6.45, 7) is 9.01. The monoisotopic (exact) mass is 410 g/mol. The Bertz CT molecular complexity index is 632. The van der Waals surface area contributed by atoms with Gasteiger partial charge in [0.05, 0.1) is 0 Å². The van der Waals surface area contributed by atoms with E-state index in [0.717, 1.165) is 19.4 Å². The number of rotatable bonds is 15. The summed E-state index contributed by atoms with van der Waals surface area (Å²) >= 11 is 0. The lowest BCUT2D eigenvalue weighted by Crippen LogP contribution is -2.64. The predicted octanol–water partition coefficient (Wildman–Crippen LogP) is 5.99. The first-order chi connectivity index (χ1) is 14.2. The second-order valence-corrected chi connectivity index (χ2v) is 10.7. The van der Waals surface area contributed by atoms with E-state index in [0.29, 0.717) is 0 Å². The fraction of sp³-hybridized carbons (Fsp3) is 0.462. The molecule has 0 saturated carbocycles. The molecule has 0 heterocycles. The zero-order chi connectivity index (χ0) is 20.8. The summed E-state index contributed by atoms with van der Waals surface area (Å²) in [5, 5.41) is 2.34. The number of hydrogen-bond acceptors (Lipinski definition) is 2. The second kappa shape index (κ2) is 13.5. The van der Waals surface area contributed by atoms with Crippen molar-refractivity contribution in [3.8, 4) is 0 Å². The molecule has 1 unspecified atom stereocenters. The molecule has 0 fully saturated rings. The van der Waals surface area contributed by atoms with Crippen molar-refractivity contribution in [2.24, 2.45) is 0 Å². The summed E-state index contributed by atoms with van der Waals surface area (Å²) in [5.41, 5.74) is 0. The van der Waals surface area contributed by atoms with Gasteiger partial charge in [0.2, 0.25) is 0 Å². The molecule has 0 saturated heterocycles. The van der Waals surface area contributed by atoms with Crippen LogP contribution in [0.3, 0.4) is 0 Å². The van der Waals surface area contributed by atoms with Gasteiger partial charge in [0.25, 0.3) is 0 Å². The molecule has 0 radical (unpaired) electrons. The highest BCUT2D eigenvalue weighted by Gasteiger charge is 2.43. The molecule has 2 nitrogen and oxygen atoms in total. The molecular weight excluding hydrogens is 372 g/mol.